The van der Waals surface area contributed by atoms with Gasteiger partial charge in [0.2, 0.25) is 0 Å². The van der Waals surface area contributed by atoms with E-state index in [1.807, 2.05) is 47.2 Å². The molecule has 0 radical (unpaired) electrons. The molecule has 1 atom stereocenters. The molecule has 1 aromatic carbocycles. The molecule has 1 amide bonds. The minimum atomic E-state index is -0.682. The lowest BCUT2D eigenvalue weighted by molar-refractivity contribution is 0.158. The highest BCUT2D eigenvalue weighted by Crippen LogP contribution is 2.38. The number of ether oxygens (including phenoxy) is 1. The molecule has 1 aliphatic heterocycles. The first-order chi connectivity index (χ1) is 9.77. The smallest absolute Gasteiger partial charge is 0.415 e. The lowest BCUT2D eigenvalue weighted by Crippen LogP contribution is -2.39. The Balaban J connectivity index is 2.20. The van der Waals surface area contributed by atoms with Gasteiger partial charge in [-0.2, -0.15) is 5.26 Å². The molecule has 1 unspecified atom stereocenters. The van der Waals surface area contributed by atoms with E-state index in [0.29, 0.717) is 5.69 Å². The van der Waals surface area contributed by atoms with Crippen molar-refractivity contribution in [2.24, 2.45) is 0 Å². The number of rotatable bonds is 1. The predicted molar refractivity (Wildman–Crippen MR) is 73.6 cm³/mol. The second kappa shape index (κ2) is 4.74. The maximum Gasteiger partial charge on any atom is 0.415 e. The fourth-order valence-electron chi connectivity index (χ4n) is 2.50. The van der Waals surface area contributed by atoms with Gasteiger partial charge < -0.3 is 9.30 Å². The van der Waals surface area contributed by atoms with Gasteiger partial charge in [-0.3, -0.25) is 4.90 Å². The van der Waals surface area contributed by atoms with Crippen LogP contribution in [0.4, 0.5) is 10.5 Å². The molecule has 0 spiro atoms. The number of para-hydroxylation sites is 2. The summed E-state index contributed by atoms with van der Waals surface area (Å²) in [7, 11) is 0. The Labute approximate surface area is 116 Å². The van der Waals surface area contributed by atoms with Crippen molar-refractivity contribution >= 4 is 11.8 Å². The van der Waals surface area contributed by atoms with Crippen molar-refractivity contribution in [1.82, 2.24) is 4.57 Å². The molecule has 2 aromatic rings. The van der Waals surface area contributed by atoms with E-state index in [0.717, 1.165) is 11.4 Å². The first kappa shape index (κ1) is 12.3. The summed E-state index contributed by atoms with van der Waals surface area (Å²) in [6.07, 6.45) is 1.39. The Morgan fingerprint density at radius 3 is 2.75 bits per heavy atom. The highest BCUT2D eigenvalue weighted by molar-refractivity contribution is 5.93. The maximum atomic E-state index is 12.2. The maximum absolute atomic E-state index is 12.2. The van der Waals surface area contributed by atoms with E-state index < -0.39 is 12.1 Å². The van der Waals surface area contributed by atoms with Crippen LogP contribution in [0.25, 0.3) is 5.69 Å². The van der Waals surface area contributed by atoms with Gasteiger partial charge in [-0.05, 0) is 31.2 Å². The van der Waals surface area contributed by atoms with E-state index in [9.17, 15) is 10.1 Å². The van der Waals surface area contributed by atoms with E-state index >= 15 is 0 Å². The SMILES string of the molecule is CCOC(=O)N1c2ccccc2-n2cccc2C1C#N. The normalized spacial score (nSPS) is 16.0. The molecule has 0 aliphatic carbocycles. The molecule has 20 heavy (non-hydrogen) atoms. The molecule has 0 saturated heterocycles. The highest BCUT2D eigenvalue weighted by Gasteiger charge is 2.35. The quantitative estimate of drug-likeness (QED) is 0.798. The molecular weight excluding hydrogens is 254 g/mol. The molecule has 5 heteroatoms. The van der Waals surface area contributed by atoms with Crippen molar-refractivity contribution in [2.45, 2.75) is 13.0 Å². The second-order valence-electron chi connectivity index (χ2n) is 4.39. The molecular formula is C15H13N3O2. The van der Waals surface area contributed by atoms with Crippen LogP contribution in [0.3, 0.4) is 0 Å². The zero-order valence-electron chi connectivity index (χ0n) is 11.0. The Morgan fingerprint density at radius 2 is 2.05 bits per heavy atom. The Morgan fingerprint density at radius 1 is 1.30 bits per heavy atom. The van der Waals surface area contributed by atoms with Gasteiger partial charge in [0.25, 0.3) is 0 Å². The number of nitrogens with zero attached hydrogens (tertiary/aromatic N) is 3. The summed E-state index contributed by atoms with van der Waals surface area (Å²) in [6, 6.07) is 12.7. The summed E-state index contributed by atoms with van der Waals surface area (Å²) in [6.45, 7) is 2.02. The number of fused-ring (bicyclic) bond motifs is 3. The fraction of sp³-hybridized carbons (Fsp3) is 0.200. The minimum Gasteiger partial charge on any atom is -0.449 e. The highest BCUT2D eigenvalue weighted by atomic mass is 16.6. The molecule has 1 aromatic heterocycles. The van der Waals surface area contributed by atoms with Crippen LogP contribution in [0.5, 0.6) is 0 Å². The van der Waals surface area contributed by atoms with Crippen molar-refractivity contribution in [2.75, 3.05) is 11.5 Å². The number of carbonyl (C=O) groups excluding carboxylic acids is 1. The standard InChI is InChI=1S/C15H13N3O2/c1-2-20-15(19)18-13-7-4-3-6-11(13)17-9-5-8-12(17)14(18)10-16/h3-9,14H,2H2,1H3. The number of nitriles is 1. The summed E-state index contributed by atoms with van der Waals surface area (Å²) >= 11 is 0. The van der Waals surface area contributed by atoms with Crippen molar-refractivity contribution in [1.29, 1.82) is 5.26 Å². The topological polar surface area (TPSA) is 58.3 Å². The second-order valence-corrected chi connectivity index (χ2v) is 4.39. The Hall–Kier alpha value is -2.74. The van der Waals surface area contributed by atoms with Gasteiger partial charge in [0.1, 0.15) is 0 Å². The molecule has 0 N–H and O–H groups in total. The zero-order chi connectivity index (χ0) is 14.1. The van der Waals surface area contributed by atoms with Crippen LogP contribution in [-0.4, -0.2) is 17.3 Å². The third-order valence-electron chi connectivity index (χ3n) is 3.31. The molecule has 2 heterocycles. The van der Waals surface area contributed by atoms with Gasteiger partial charge in [0.05, 0.1) is 29.7 Å². The van der Waals surface area contributed by atoms with Gasteiger partial charge in [-0.1, -0.05) is 12.1 Å². The third-order valence-corrected chi connectivity index (χ3v) is 3.31. The molecule has 3 rings (SSSR count). The molecule has 0 fully saturated rings. The largest absolute Gasteiger partial charge is 0.449 e. The van der Waals surface area contributed by atoms with Crippen molar-refractivity contribution in [3.05, 3.63) is 48.3 Å². The number of hydrogen-bond acceptors (Lipinski definition) is 3. The lowest BCUT2D eigenvalue weighted by Gasteiger charge is -2.33. The molecule has 0 saturated carbocycles. The average molecular weight is 267 g/mol. The van der Waals surface area contributed by atoms with Crippen LogP contribution in [0.2, 0.25) is 0 Å². The van der Waals surface area contributed by atoms with E-state index in [-0.39, 0.29) is 6.61 Å². The van der Waals surface area contributed by atoms with E-state index in [4.69, 9.17) is 4.74 Å². The molecule has 5 nitrogen and oxygen atoms in total. The van der Waals surface area contributed by atoms with Crippen LogP contribution in [-0.2, 0) is 4.74 Å². The first-order valence-electron chi connectivity index (χ1n) is 6.40. The van der Waals surface area contributed by atoms with E-state index in [1.54, 1.807) is 6.92 Å². The van der Waals surface area contributed by atoms with Gasteiger partial charge in [-0.25, -0.2) is 4.79 Å². The molecule has 1 aliphatic rings. The van der Waals surface area contributed by atoms with Gasteiger partial charge >= 0.3 is 6.09 Å². The van der Waals surface area contributed by atoms with Crippen molar-refractivity contribution in [3.63, 3.8) is 0 Å². The average Bonchev–Trinajstić information content (AvgIpc) is 2.95. The number of hydrogen-bond donors (Lipinski definition) is 0. The van der Waals surface area contributed by atoms with Crippen LogP contribution in [0.1, 0.15) is 18.7 Å². The number of anilines is 1. The molecule has 100 valence electrons. The van der Waals surface area contributed by atoms with Gasteiger partial charge in [0, 0.05) is 6.20 Å². The summed E-state index contributed by atoms with van der Waals surface area (Å²) in [5.74, 6) is 0. The number of benzene rings is 1. The van der Waals surface area contributed by atoms with Crippen LogP contribution < -0.4 is 4.90 Å². The zero-order valence-corrected chi connectivity index (χ0v) is 11.0. The number of carbonyl (C=O) groups is 1. The number of aromatic nitrogens is 1. The van der Waals surface area contributed by atoms with Crippen LogP contribution >= 0.6 is 0 Å². The fourth-order valence-corrected chi connectivity index (χ4v) is 2.50. The summed E-state index contributed by atoms with van der Waals surface area (Å²) in [4.78, 5) is 13.6. The third kappa shape index (κ3) is 1.66. The van der Waals surface area contributed by atoms with E-state index in [1.165, 1.54) is 4.90 Å². The first-order valence-corrected chi connectivity index (χ1v) is 6.40. The summed E-state index contributed by atoms with van der Waals surface area (Å²) in [5, 5.41) is 9.46. The summed E-state index contributed by atoms with van der Waals surface area (Å²) < 4.78 is 7.02. The Bertz CT molecular complexity index is 699. The van der Waals surface area contributed by atoms with Gasteiger partial charge in [-0.15, -0.1) is 0 Å². The van der Waals surface area contributed by atoms with Crippen LogP contribution in [0.15, 0.2) is 42.6 Å². The Kier molecular flexibility index (Phi) is 2.92. The van der Waals surface area contributed by atoms with Crippen molar-refractivity contribution < 1.29 is 9.53 Å². The minimum absolute atomic E-state index is 0.274. The van der Waals surface area contributed by atoms with E-state index in [2.05, 4.69) is 6.07 Å². The summed E-state index contributed by atoms with van der Waals surface area (Å²) in [5.41, 5.74) is 2.31. The van der Waals surface area contributed by atoms with Crippen LogP contribution in [0, 0.1) is 11.3 Å². The number of amides is 1. The molecule has 0 bridgehead atoms. The van der Waals surface area contributed by atoms with Crippen molar-refractivity contribution in [3.8, 4) is 11.8 Å². The monoisotopic (exact) mass is 267 g/mol. The van der Waals surface area contributed by atoms with Gasteiger partial charge in [0.15, 0.2) is 6.04 Å². The lowest BCUT2D eigenvalue weighted by atomic mass is 10.1. The predicted octanol–water partition coefficient (Wildman–Crippen LogP) is 3.02.